The molecule has 0 saturated carbocycles. The van der Waals surface area contributed by atoms with Gasteiger partial charge in [0.2, 0.25) is 0 Å². The monoisotopic (exact) mass is 326 g/mol. The Morgan fingerprint density at radius 2 is 1.70 bits per heavy atom. The van der Waals surface area contributed by atoms with Gasteiger partial charge in [-0.3, -0.25) is 9.97 Å². The zero-order chi connectivity index (χ0) is 16.1. The molecule has 0 spiro atoms. The summed E-state index contributed by atoms with van der Waals surface area (Å²) in [5.41, 5.74) is 3.03. The highest BCUT2D eigenvalue weighted by Crippen LogP contribution is 2.27. The van der Waals surface area contributed by atoms with E-state index < -0.39 is 6.23 Å². The molecule has 5 nitrogen and oxygen atoms in total. The number of halogens is 1. The molecule has 0 bridgehead atoms. The molecule has 116 valence electrons. The van der Waals surface area contributed by atoms with Crippen molar-refractivity contribution in [3.8, 4) is 0 Å². The SMILES string of the molecule is OC(Nc1ccncc1Nc1ccc(Cl)cc1)c1cccnc1. The van der Waals surface area contributed by atoms with E-state index in [9.17, 15) is 5.11 Å². The van der Waals surface area contributed by atoms with E-state index in [0.717, 1.165) is 17.1 Å². The van der Waals surface area contributed by atoms with E-state index in [1.165, 1.54) is 0 Å². The molecule has 0 saturated heterocycles. The number of rotatable bonds is 5. The fourth-order valence-electron chi connectivity index (χ4n) is 2.08. The number of aliphatic hydroxyl groups is 1. The number of hydrogen-bond donors (Lipinski definition) is 3. The smallest absolute Gasteiger partial charge is 0.152 e. The van der Waals surface area contributed by atoms with Crippen LogP contribution in [-0.4, -0.2) is 15.1 Å². The number of anilines is 3. The molecule has 0 radical (unpaired) electrons. The molecule has 0 fully saturated rings. The second kappa shape index (κ2) is 7.09. The third kappa shape index (κ3) is 3.97. The molecule has 3 N–H and O–H groups in total. The molecule has 1 atom stereocenters. The molecule has 0 aliphatic carbocycles. The van der Waals surface area contributed by atoms with E-state index in [1.54, 1.807) is 55.1 Å². The van der Waals surface area contributed by atoms with Gasteiger partial charge in [0.15, 0.2) is 6.23 Å². The Bertz CT molecular complexity index is 765. The lowest BCUT2D eigenvalue weighted by Gasteiger charge is -2.17. The Balaban J connectivity index is 1.79. The summed E-state index contributed by atoms with van der Waals surface area (Å²) < 4.78 is 0. The molecular weight excluding hydrogens is 312 g/mol. The molecule has 1 unspecified atom stereocenters. The highest BCUT2D eigenvalue weighted by molar-refractivity contribution is 6.30. The number of aliphatic hydroxyl groups excluding tert-OH is 1. The Morgan fingerprint density at radius 3 is 2.43 bits per heavy atom. The van der Waals surface area contributed by atoms with Crippen molar-refractivity contribution in [2.24, 2.45) is 0 Å². The topological polar surface area (TPSA) is 70.1 Å². The first-order valence-electron chi connectivity index (χ1n) is 7.03. The van der Waals surface area contributed by atoms with Gasteiger partial charge in [0.1, 0.15) is 0 Å². The molecule has 3 rings (SSSR count). The fraction of sp³-hybridized carbons (Fsp3) is 0.0588. The third-order valence-corrected chi connectivity index (χ3v) is 3.49. The van der Waals surface area contributed by atoms with Gasteiger partial charge in [0.05, 0.1) is 17.6 Å². The minimum atomic E-state index is -0.864. The summed E-state index contributed by atoms with van der Waals surface area (Å²) in [5.74, 6) is 0. The molecule has 2 heterocycles. The fourth-order valence-corrected chi connectivity index (χ4v) is 2.20. The van der Waals surface area contributed by atoms with Crippen molar-refractivity contribution in [1.29, 1.82) is 0 Å². The summed E-state index contributed by atoms with van der Waals surface area (Å²) in [6.07, 6.45) is 5.76. The van der Waals surface area contributed by atoms with Crippen LogP contribution in [-0.2, 0) is 0 Å². The van der Waals surface area contributed by atoms with Crippen molar-refractivity contribution in [3.63, 3.8) is 0 Å². The van der Waals surface area contributed by atoms with Crippen molar-refractivity contribution in [2.75, 3.05) is 10.6 Å². The zero-order valence-electron chi connectivity index (χ0n) is 12.1. The number of aromatic nitrogens is 2. The Hall–Kier alpha value is -2.63. The number of nitrogens with zero attached hydrogens (tertiary/aromatic N) is 2. The molecule has 3 aromatic rings. The largest absolute Gasteiger partial charge is 0.369 e. The zero-order valence-corrected chi connectivity index (χ0v) is 12.9. The Kier molecular flexibility index (Phi) is 4.71. The second-order valence-corrected chi connectivity index (χ2v) is 5.32. The van der Waals surface area contributed by atoms with Crippen LogP contribution >= 0.6 is 11.6 Å². The number of pyridine rings is 2. The molecule has 2 aromatic heterocycles. The Labute approximate surface area is 139 Å². The molecule has 0 aliphatic rings. The molecular formula is C17H15ClN4O. The van der Waals surface area contributed by atoms with Crippen LogP contribution in [0.15, 0.2) is 67.3 Å². The highest BCUT2D eigenvalue weighted by Gasteiger charge is 2.10. The minimum Gasteiger partial charge on any atom is -0.369 e. The van der Waals surface area contributed by atoms with Crippen LogP contribution in [0, 0.1) is 0 Å². The molecule has 1 aromatic carbocycles. The van der Waals surface area contributed by atoms with E-state index in [2.05, 4.69) is 20.6 Å². The lowest BCUT2D eigenvalue weighted by Crippen LogP contribution is -2.11. The number of nitrogens with one attached hydrogen (secondary N) is 2. The summed E-state index contributed by atoms with van der Waals surface area (Å²) in [5, 5.41) is 17.2. The summed E-state index contributed by atoms with van der Waals surface area (Å²) >= 11 is 5.89. The predicted molar refractivity (Wildman–Crippen MR) is 91.8 cm³/mol. The van der Waals surface area contributed by atoms with Gasteiger partial charge in [-0.25, -0.2) is 0 Å². The van der Waals surface area contributed by atoms with Crippen molar-refractivity contribution < 1.29 is 5.11 Å². The van der Waals surface area contributed by atoms with Crippen LogP contribution in [0.1, 0.15) is 11.8 Å². The van der Waals surface area contributed by atoms with Gasteiger partial charge in [-0.05, 0) is 36.4 Å². The molecule has 0 aliphatic heterocycles. The van der Waals surface area contributed by atoms with Crippen molar-refractivity contribution >= 4 is 28.7 Å². The average molecular weight is 327 g/mol. The molecule has 6 heteroatoms. The quantitative estimate of drug-likeness (QED) is 0.619. The standard InChI is InChI=1S/C17H15ClN4O/c18-13-3-5-14(6-4-13)21-16-11-20-9-7-15(16)22-17(23)12-2-1-8-19-10-12/h1-11,17,21,23H,(H,20,22). The van der Waals surface area contributed by atoms with Crippen LogP contribution in [0.2, 0.25) is 5.02 Å². The maximum Gasteiger partial charge on any atom is 0.152 e. The van der Waals surface area contributed by atoms with Gasteiger partial charge in [0, 0.05) is 34.9 Å². The minimum absolute atomic E-state index is 0.673. The maximum atomic E-state index is 10.3. The maximum absolute atomic E-state index is 10.3. The highest BCUT2D eigenvalue weighted by atomic mass is 35.5. The van der Waals surface area contributed by atoms with Gasteiger partial charge >= 0.3 is 0 Å². The molecule has 23 heavy (non-hydrogen) atoms. The number of benzene rings is 1. The van der Waals surface area contributed by atoms with E-state index in [1.807, 2.05) is 12.1 Å². The first kappa shape index (κ1) is 15.3. The summed E-state index contributed by atoms with van der Waals surface area (Å²) in [7, 11) is 0. The average Bonchev–Trinajstić information content (AvgIpc) is 2.59. The predicted octanol–water partition coefficient (Wildman–Crippen LogP) is 3.98. The molecule has 0 amide bonds. The lowest BCUT2D eigenvalue weighted by atomic mass is 10.2. The first-order valence-corrected chi connectivity index (χ1v) is 7.41. The van der Waals surface area contributed by atoms with E-state index in [-0.39, 0.29) is 0 Å². The first-order chi connectivity index (χ1) is 11.2. The van der Waals surface area contributed by atoms with Crippen LogP contribution in [0.4, 0.5) is 17.1 Å². The lowest BCUT2D eigenvalue weighted by molar-refractivity contribution is 0.208. The van der Waals surface area contributed by atoms with Gasteiger partial charge in [-0.1, -0.05) is 17.7 Å². The van der Waals surface area contributed by atoms with Gasteiger partial charge < -0.3 is 15.7 Å². The van der Waals surface area contributed by atoms with Crippen molar-refractivity contribution in [3.05, 3.63) is 77.8 Å². The summed E-state index contributed by atoms with van der Waals surface area (Å²) in [6, 6.07) is 12.7. The van der Waals surface area contributed by atoms with Crippen molar-refractivity contribution in [2.45, 2.75) is 6.23 Å². The van der Waals surface area contributed by atoms with Crippen LogP contribution < -0.4 is 10.6 Å². The summed E-state index contributed by atoms with van der Waals surface area (Å²) in [4.78, 5) is 8.12. The number of hydrogen-bond acceptors (Lipinski definition) is 5. The van der Waals surface area contributed by atoms with Crippen molar-refractivity contribution in [1.82, 2.24) is 9.97 Å². The van der Waals surface area contributed by atoms with Crippen LogP contribution in [0.5, 0.6) is 0 Å². The Morgan fingerprint density at radius 1 is 0.913 bits per heavy atom. The van der Waals surface area contributed by atoms with E-state index in [0.29, 0.717) is 10.6 Å². The van der Waals surface area contributed by atoms with Gasteiger partial charge in [-0.15, -0.1) is 0 Å². The summed E-state index contributed by atoms with van der Waals surface area (Å²) in [6.45, 7) is 0. The third-order valence-electron chi connectivity index (χ3n) is 3.24. The van der Waals surface area contributed by atoms with Crippen LogP contribution in [0.3, 0.4) is 0 Å². The normalized spacial score (nSPS) is 11.7. The van der Waals surface area contributed by atoms with Crippen LogP contribution in [0.25, 0.3) is 0 Å². The van der Waals surface area contributed by atoms with Gasteiger partial charge in [0.25, 0.3) is 0 Å². The van der Waals surface area contributed by atoms with E-state index in [4.69, 9.17) is 11.6 Å². The van der Waals surface area contributed by atoms with E-state index >= 15 is 0 Å². The second-order valence-electron chi connectivity index (χ2n) is 4.89. The van der Waals surface area contributed by atoms with Gasteiger partial charge in [-0.2, -0.15) is 0 Å².